The summed E-state index contributed by atoms with van der Waals surface area (Å²) >= 11 is 0. The molecule has 0 fully saturated rings. The lowest BCUT2D eigenvalue weighted by molar-refractivity contribution is 0.0942. The molecule has 2 aromatic carbocycles. The molecular weight excluding hydrogens is 402 g/mol. The highest BCUT2D eigenvalue weighted by Gasteiger charge is 2.11. The van der Waals surface area contributed by atoms with Crippen LogP contribution in [0.2, 0.25) is 0 Å². The number of nitrogens with one attached hydrogen (secondary N) is 1. The Bertz CT molecular complexity index is 1150. The molecular formula is C26H25N3O3. The lowest BCUT2D eigenvalue weighted by atomic mass is 10.2. The van der Waals surface area contributed by atoms with E-state index < -0.39 is 0 Å². The van der Waals surface area contributed by atoms with Crippen LogP contribution in [-0.4, -0.2) is 22.1 Å². The van der Waals surface area contributed by atoms with E-state index in [4.69, 9.17) is 9.47 Å². The van der Waals surface area contributed by atoms with Crippen LogP contribution in [0.15, 0.2) is 91.3 Å². The monoisotopic (exact) mass is 427 g/mol. The molecule has 0 saturated heterocycles. The SMILES string of the molecule is CCOc1ccccc1Oc1ccc(CNC(=O)c2cccn2Cc2ccccc2)cn1. The Labute approximate surface area is 187 Å². The number of rotatable bonds is 9. The van der Waals surface area contributed by atoms with Crippen molar-refractivity contribution < 1.29 is 14.3 Å². The minimum Gasteiger partial charge on any atom is -0.490 e. The van der Waals surface area contributed by atoms with Crippen LogP contribution in [0.3, 0.4) is 0 Å². The second-order valence-corrected chi connectivity index (χ2v) is 7.18. The zero-order chi connectivity index (χ0) is 22.2. The Morgan fingerprint density at radius 2 is 1.69 bits per heavy atom. The third-order valence-corrected chi connectivity index (χ3v) is 4.87. The number of pyridine rings is 1. The van der Waals surface area contributed by atoms with Crippen LogP contribution in [0.4, 0.5) is 0 Å². The quantitative estimate of drug-likeness (QED) is 0.406. The number of amides is 1. The maximum Gasteiger partial charge on any atom is 0.268 e. The Morgan fingerprint density at radius 3 is 2.44 bits per heavy atom. The highest BCUT2D eigenvalue weighted by Crippen LogP contribution is 2.30. The Hall–Kier alpha value is -4.06. The summed E-state index contributed by atoms with van der Waals surface area (Å²) in [4.78, 5) is 17.1. The van der Waals surface area contributed by atoms with Gasteiger partial charge < -0.3 is 19.4 Å². The number of ether oxygens (including phenoxy) is 2. The van der Waals surface area contributed by atoms with E-state index in [0.717, 1.165) is 11.1 Å². The molecule has 6 heteroatoms. The van der Waals surface area contributed by atoms with Crippen LogP contribution in [-0.2, 0) is 13.1 Å². The molecule has 0 aliphatic carbocycles. The van der Waals surface area contributed by atoms with Gasteiger partial charge in [-0.3, -0.25) is 4.79 Å². The second kappa shape index (κ2) is 10.3. The Balaban J connectivity index is 1.35. The van der Waals surface area contributed by atoms with Gasteiger partial charge in [0.05, 0.1) is 6.61 Å². The van der Waals surface area contributed by atoms with E-state index in [9.17, 15) is 4.79 Å². The van der Waals surface area contributed by atoms with Gasteiger partial charge in [0.2, 0.25) is 5.88 Å². The highest BCUT2D eigenvalue weighted by atomic mass is 16.5. The van der Waals surface area contributed by atoms with Gasteiger partial charge in [-0.05, 0) is 42.3 Å². The Kier molecular flexibility index (Phi) is 6.82. The summed E-state index contributed by atoms with van der Waals surface area (Å²) in [5.41, 5.74) is 2.64. The third kappa shape index (κ3) is 5.35. The zero-order valence-electron chi connectivity index (χ0n) is 17.9. The molecule has 2 heterocycles. The van der Waals surface area contributed by atoms with Crippen molar-refractivity contribution in [1.29, 1.82) is 0 Å². The van der Waals surface area contributed by atoms with Gasteiger partial charge in [-0.15, -0.1) is 0 Å². The molecule has 0 unspecified atom stereocenters. The Morgan fingerprint density at radius 1 is 0.906 bits per heavy atom. The first-order valence-corrected chi connectivity index (χ1v) is 10.5. The summed E-state index contributed by atoms with van der Waals surface area (Å²) in [6.45, 7) is 3.50. The lowest BCUT2D eigenvalue weighted by Gasteiger charge is -2.11. The fourth-order valence-corrected chi connectivity index (χ4v) is 3.31. The average molecular weight is 428 g/mol. The molecule has 0 radical (unpaired) electrons. The standard InChI is InChI=1S/C26H25N3O3/c1-2-31-23-12-6-7-13-24(23)32-25-15-14-21(17-27-25)18-28-26(30)22-11-8-16-29(22)19-20-9-4-3-5-10-20/h3-17H,2,18-19H2,1H3,(H,28,30). The fraction of sp³-hybridized carbons (Fsp3) is 0.154. The molecule has 6 nitrogen and oxygen atoms in total. The first-order chi connectivity index (χ1) is 15.7. The number of carbonyl (C=O) groups is 1. The summed E-state index contributed by atoms with van der Waals surface area (Å²) in [6, 6.07) is 24.9. The molecule has 0 saturated carbocycles. The summed E-state index contributed by atoms with van der Waals surface area (Å²) in [5.74, 6) is 1.62. The number of hydrogen-bond donors (Lipinski definition) is 1. The number of para-hydroxylation sites is 2. The zero-order valence-corrected chi connectivity index (χ0v) is 17.9. The van der Waals surface area contributed by atoms with Crippen LogP contribution in [0.1, 0.15) is 28.5 Å². The van der Waals surface area contributed by atoms with Crippen molar-refractivity contribution in [3.63, 3.8) is 0 Å². The van der Waals surface area contributed by atoms with Gasteiger partial charge in [0, 0.05) is 31.5 Å². The molecule has 0 aliphatic rings. The van der Waals surface area contributed by atoms with Crippen molar-refractivity contribution in [3.05, 3.63) is 108 Å². The summed E-state index contributed by atoms with van der Waals surface area (Å²) in [6.07, 6.45) is 3.61. The van der Waals surface area contributed by atoms with E-state index in [1.165, 1.54) is 0 Å². The van der Waals surface area contributed by atoms with Crippen molar-refractivity contribution in [3.8, 4) is 17.4 Å². The van der Waals surface area contributed by atoms with Crippen molar-refractivity contribution in [1.82, 2.24) is 14.9 Å². The predicted octanol–water partition coefficient (Wildman–Crippen LogP) is 5.05. The van der Waals surface area contributed by atoms with E-state index in [1.54, 1.807) is 12.3 Å². The van der Waals surface area contributed by atoms with Crippen LogP contribution in [0, 0.1) is 0 Å². The number of carbonyl (C=O) groups excluding carboxylic acids is 1. The van der Waals surface area contributed by atoms with Gasteiger partial charge in [0.15, 0.2) is 11.5 Å². The van der Waals surface area contributed by atoms with E-state index in [2.05, 4.69) is 10.3 Å². The maximum atomic E-state index is 12.7. The number of nitrogens with zero attached hydrogens (tertiary/aromatic N) is 2. The average Bonchev–Trinajstić information content (AvgIpc) is 3.29. The smallest absolute Gasteiger partial charge is 0.268 e. The third-order valence-electron chi connectivity index (χ3n) is 4.87. The van der Waals surface area contributed by atoms with Crippen molar-refractivity contribution in [2.75, 3.05) is 6.61 Å². The minimum atomic E-state index is -0.128. The van der Waals surface area contributed by atoms with Crippen LogP contribution in [0.5, 0.6) is 17.4 Å². The molecule has 1 amide bonds. The van der Waals surface area contributed by atoms with Gasteiger partial charge in [0.25, 0.3) is 5.91 Å². The topological polar surface area (TPSA) is 65.4 Å². The van der Waals surface area contributed by atoms with Gasteiger partial charge in [-0.2, -0.15) is 0 Å². The second-order valence-electron chi connectivity index (χ2n) is 7.18. The van der Waals surface area contributed by atoms with Crippen LogP contribution >= 0.6 is 0 Å². The van der Waals surface area contributed by atoms with Gasteiger partial charge in [-0.1, -0.05) is 48.5 Å². The predicted molar refractivity (Wildman–Crippen MR) is 123 cm³/mol. The van der Waals surface area contributed by atoms with Gasteiger partial charge in [0.1, 0.15) is 5.69 Å². The van der Waals surface area contributed by atoms with Crippen LogP contribution < -0.4 is 14.8 Å². The molecule has 0 spiro atoms. The van der Waals surface area contributed by atoms with Crippen molar-refractivity contribution >= 4 is 5.91 Å². The van der Waals surface area contributed by atoms with E-state index in [-0.39, 0.29) is 5.91 Å². The molecule has 0 aliphatic heterocycles. The first-order valence-electron chi connectivity index (χ1n) is 10.5. The highest BCUT2D eigenvalue weighted by molar-refractivity contribution is 5.92. The molecule has 4 aromatic rings. The summed E-state index contributed by atoms with van der Waals surface area (Å²) in [5, 5.41) is 2.96. The van der Waals surface area contributed by atoms with Gasteiger partial charge >= 0.3 is 0 Å². The number of hydrogen-bond acceptors (Lipinski definition) is 4. The van der Waals surface area contributed by atoms with E-state index in [1.807, 2.05) is 90.5 Å². The minimum absolute atomic E-state index is 0.128. The normalized spacial score (nSPS) is 10.5. The summed E-state index contributed by atoms with van der Waals surface area (Å²) < 4.78 is 13.4. The number of benzene rings is 2. The molecule has 2 aromatic heterocycles. The molecule has 1 N–H and O–H groups in total. The van der Waals surface area contributed by atoms with Crippen LogP contribution in [0.25, 0.3) is 0 Å². The molecule has 162 valence electrons. The van der Waals surface area contributed by atoms with Crippen molar-refractivity contribution in [2.45, 2.75) is 20.0 Å². The number of aromatic nitrogens is 2. The molecule has 4 rings (SSSR count). The lowest BCUT2D eigenvalue weighted by Crippen LogP contribution is -2.25. The molecule has 0 bridgehead atoms. The first kappa shape index (κ1) is 21.2. The van der Waals surface area contributed by atoms with E-state index >= 15 is 0 Å². The fourth-order valence-electron chi connectivity index (χ4n) is 3.31. The largest absolute Gasteiger partial charge is 0.490 e. The molecule has 32 heavy (non-hydrogen) atoms. The molecule has 0 atom stereocenters. The van der Waals surface area contributed by atoms with E-state index in [0.29, 0.717) is 42.8 Å². The summed E-state index contributed by atoms with van der Waals surface area (Å²) in [7, 11) is 0. The van der Waals surface area contributed by atoms with Gasteiger partial charge in [-0.25, -0.2) is 4.98 Å². The van der Waals surface area contributed by atoms with Crippen molar-refractivity contribution in [2.24, 2.45) is 0 Å². The maximum absolute atomic E-state index is 12.7.